The first-order valence-corrected chi connectivity index (χ1v) is 8.73. The zero-order valence-electron chi connectivity index (χ0n) is 12.4. The number of aryl methyl sites for hydroxylation is 1. The molecule has 0 aliphatic carbocycles. The first-order chi connectivity index (χ1) is 10.4. The Morgan fingerprint density at radius 1 is 1.45 bits per heavy atom. The van der Waals surface area contributed by atoms with Gasteiger partial charge in [-0.1, -0.05) is 15.9 Å². The fourth-order valence-corrected chi connectivity index (χ4v) is 3.78. The number of rotatable bonds is 1. The van der Waals surface area contributed by atoms with Crippen LogP contribution in [-0.4, -0.2) is 20.4 Å². The van der Waals surface area contributed by atoms with Crippen LogP contribution in [0.2, 0.25) is 0 Å². The smallest absolute Gasteiger partial charge is 0.302 e. The topological polar surface area (TPSA) is 39.3 Å². The van der Waals surface area contributed by atoms with Gasteiger partial charge in [-0.25, -0.2) is 9.18 Å². The number of nitrogens with zero attached hydrogens (tertiary/aromatic N) is 3. The van der Waals surface area contributed by atoms with Gasteiger partial charge in [-0.2, -0.15) is 0 Å². The lowest BCUT2D eigenvalue weighted by Crippen LogP contribution is -2.38. The van der Waals surface area contributed by atoms with Gasteiger partial charge in [0.2, 0.25) is 0 Å². The van der Waals surface area contributed by atoms with E-state index in [9.17, 15) is 9.18 Å². The first-order valence-electron chi connectivity index (χ1n) is 6.71. The van der Waals surface area contributed by atoms with Gasteiger partial charge >= 0.3 is 5.69 Å². The summed E-state index contributed by atoms with van der Waals surface area (Å²) in [6.07, 6.45) is 3.68. The number of hydrogen-bond donors (Lipinski definition) is 0. The van der Waals surface area contributed by atoms with Crippen molar-refractivity contribution in [3.05, 3.63) is 56.4 Å². The number of aliphatic imine (C=N–C) groups is 1. The molecule has 4 nitrogen and oxygen atoms in total. The van der Waals surface area contributed by atoms with Crippen LogP contribution < -0.4 is 5.69 Å². The van der Waals surface area contributed by atoms with Crippen LogP contribution in [0.5, 0.6) is 0 Å². The third kappa shape index (κ3) is 2.36. The Kier molecular flexibility index (Phi) is 3.81. The third-order valence-corrected chi connectivity index (χ3v) is 5.06. The van der Waals surface area contributed by atoms with Crippen molar-refractivity contribution in [3.8, 4) is 0 Å². The van der Waals surface area contributed by atoms with Crippen LogP contribution in [0.3, 0.4) is 0 Å². The summed E-state index contributed by atoms with van der Waals surface area (Å²) >= 11 is 4.84. The number of fused-ring (bicyclic) bond motifs is 1. The van der Waals surface area contributed by atoms with Gasteiger partial charge < -0.3 is 4.57 Å². The first kappa shape index (κ1) is 15.6. The lowest BCUT2D eigenvalue weighted by molar-refractivity contribution is 0.379. The number of halogens is 2. The van der Waals surface area contributed by atoms with Gasteiger partial charge in [0.15, 0.2) is 0 Å². The molecular weight excluding hydrogens is 369 g/mol. The summed E-state index contributed by atoms with van der Waals surface area (Å²) in [5.74, 6) is -0.317. The summed E-state index contributed by atoms with van der Waals surface area (Å²) in [7, 11) is 1.71. The van der Waals surface area contributed by atoms with E-state index in [1.807, 2.05) is 13.2 Å². The highest BCUT2D eigenvalue weighted by molar-refractivity contribution is 9.10. The molecule has 2 heterocycles. The van der Waals surface area contributed by atoms with Crippen LogP contribution in [0.15, 0.2) is 38.7 Å². The molecule has 1 aromatic heterocycles. The lowest BCUT2D eigenvalue weighted by Gasteiger charge is -2.32. The van der Waals surface area contributed by atoms with Crippen molar-refractivity contribution in [2.45, 2.75) is 19.0 Å². The number of hydrogen-bond acceptors (Lipinski definition) is 3. The maximum Gasteiger partial charge on any atom is 0.328 e. The Bertz CT molecular complexity index is 842. The molecule has 116 valence electrons. The van der Waals surface area contributed by atoms with E-state index in [0.717, 1.165) is 15.2 Å². The van der Waals surface area contributed by atoms with E-state index in [-0.39, 0.29) is 11.5 Å². The van der Waals surface area contributed by atoms with Crippen LogP contribution >= 0.6 is 27.7 Å². The predicted octanol–water partition coefficient (Wildman–Crippen LogP) is 3.13. The van der Waals surface area contributed by atoms with Crippen molar-refractivity contribution in [2.75, 3.05) is 6.26 Å². The van der Waals surface area contributed by atoms with Crippen molar-refractivity contribution in [1.29, 1.82) is 0 Å². The lowest BCUT2D eigenvalue weighted by atomic mass is 9.91. The zero-order chi connectivity index (χ0) is 16.1. The second kappa shape index (κ2) is 5.38. The van der Waals surface area contributed by atoms with E-state index in [4.69, 9.17) is 4.99 Å². The highest BCUT2D eigenvalue weighted by Gasteiger charge is 2.36. The van der Waals surface area contributed by atoms with Crippen molar-refractivity contribution >= 4 is 32.7 Å². The largest absolute Gasteiger partial charge is 0.328 e. The van der Waals surface area contributed by atoms with E-state index >= 15 is 0 Å². The van der Waals surface area contributed by atoms with Crippen LogP contribution in [0.4, 0.5) is 4.39 Å². The summed E-state index contributed by atoms with van der Waals surface area (Å²) < 4.78 is 18.3. The number of imidazole rings is 1. The molecule has 0 fully saturated rings. The SMILES string of the molecule is CSC1=N[C@](C)(c2cc(Br)ccc2F)Cn2c1cn(C)c2=O. The molecule has 0 amide bonds. The minimum Gasteiger partial charge on any atom is -0.302 e. The Balaban J connectivity index is 2.22. The van der Waals surface area contributed by atoms with Crippen molar-refractivity contribution in [2.24, 2.45) is 12.0 Å². The Morgan fingerprint density at radius 3 is 2.86 bits per heavy atom. The van der Waals surface area contributed by atoms with Crippen LogP contribution in [-0.2, 0) is 19.1 Å². The summed E-state index contributed by atoms with van der Waals surface area (Å²) in [4.78, 5) is 17.1. The Labute approximate surface area is 140 Å². The van der Waals surface area contributed by atoms with Gasteiger partial charge in [0.05, 0.1) is 12.2 Å². The molecule has 0 spiro atoms. The molecule has 0 saturated heterocycles. The minimum absolute atomic E-state index is 0.113. The van der Waals surface area contributed by atoms with Crippen molar-refractivity contribution in [3.63, 3.8) is 0 Å². The summed E-state index contributed by atoms with van der Waals surface area (Å²) in [5, 5.41) is 0.742. The highest BCUT2D eigenvalue weighted by atomic mass is 79.9. The van der Waals surface area contributed by atoms with Crippen molar-refractivity contribution in [1.82, 2.24) is 9.13 Å². The average Bonchev–Trinajstić information content (AvgIpc) is 2.76. The van der Waals surface area contributed by atoms with Gasteiger partial charge in [0.25, 0.3) is 0 Å². The van der Waals surface area contributed by atoms with Gasteiger partial charge in [0.1, 0.15) is 16.4 Å². The highest BCUT2D eigenvalue weighted by Crippen LogP contribution is 2.36. The van der Waals surface area contributed by atoms with Crippen molar-refractivity contribution < 1.29 is 4.39 Å². The molecular formula is C15H15BrFN3OS. The predicted molar refractivity (Wildman–Crippen MR) is 91.2 cm³/mol. The normalized spacial score (nSPS) is 20.7. The maximum atomic E-state index is 14.3. The molecule has 1 aliphatic rings. The molecule has 0 N–H and O–H groups in total. The van der Waals surface area contributed by atoms with Gasteiger partial charge in [-0.15, -0.1) is 11.8 Å². The number of benzene rings is 1. The fraction of sp³-hybridized carbons (Fsp3) is 0.333. The molecule has 0 unspecified atom stereocenters. The maximum absolute atomic E-state index is 14.3. The molecule has 22 heavy (non-hydrogen) atoms. The minimum atomic E-state index is -0.815. The van der Waals surface area contributed by atoms with Gasteiger partial charge in [0, 0.05) is 23.3 Å². The standard InChI is InChI=1S/C15H15BrFN3OS/c1-15(10-6-9(16)4-5-11(10)17)8-20-12(13(18-15)22-3)7-19(2)14(20)21/h4-7H,8H2,1-3H3/t15-/m0/s1. The summed E-state index contributed by atoms with van der Waals surface area (Å²) in [5.41, 5.74) is 0.338. The molecule has 1 aromatic carbocycles. The third-order valence-electron chi connectivity index (χ3n) is 3.87. The molecule has 1 atom stereocenters. The second-order valence-electron chi connectivity index (χ2n) is 5.51. The summed E-state index contributed by atoms with van der Waals surface area (Å²) in [6.45, 7) is 2.18. The van der Waals surface area contributed by atoms with E-state index in [1.54, 1.807) is 29.9 Å². The quantitative estimate of drug-likeness (QED) is 0.758. The molecule has 0 radical (unpaired) electrons. The summed E-state index contributed by atoms with van der Waals surface area (Å²) in [6, 6.07) is 4.81. The average molecular weight is 384 g/mol. The number of aromatic nitrogens is 2. The van der Waals surface area contributed by atoms with E-state index < -0.39 is 5.54 Å². The number of thioether (sulfide) groups is 1. The fourth-order valence-electron chi connectivity index (χ4n) is 2.76. The zero-order valence-corrected chi connectivity index (χ0v) is 14.8. The molecule has 0 bridgehead atoms. The van der Waals surface area contributed by atoms with Crippen LogP contribution in [0.25, 0.3) is 0 Å². The molecule has 0 saturated carbocycles. The second-order valence-corrected chi connectivity index (χ2v) is 7.22. The van der Waals surface area contributed by atoms with E-state index in [1.165, 1.54) is 22.4 Å². The van der Waals surface area contributed by atoms with E-state index in [2.05, 4.69) is 15.9 Å². The van der Waals surface area contributed by atoms with Gasteiger partial charge in [-0.05, 0) is 31.4 Å². The van der Waals surface area contributed by atoms with E-state index in [0.29, 0.717) is 12.1 Å². The molecule has 3 rings (SSSR count). The Morgan fingerprint density at radius 2 is 2.18 bits per heavy atom. The van der Waals surface area contributed by atoms with Crippen LogP contribution in [0, 0.1) is 5.82 Å². The Hall–Kier alpha value is -1.34. The molecule has 7 heteroatoms. The molecule has 2 aromatic rings. The monoisotopic (exact) mass is 383 g/mol. The van der Waals surface area contributed by atoms with Crippen LogP contribution in [0.1, 0.15) is 18.2 Å². The molecule has 1 aliphatic heterocycles. The van der Waals surface area contributed by atoms with Gasteiger partial charge in [-0.3, -0.25) is 9.56 Å².